The maximum atomic E-state index is 9.14. The van der Waals surface area contributed by atoms with Gasteiger partial charge in [0.2, 0.25) is 0 Å². The zero-order chi connectivity index (χ0) is 13.0. The fourth-order valence-electron chi connectivity index (χ4n) is 2.49. The molecule has 0 amide bonds. The van der Waals surface area contributed by atoms with E-state index in [2.05, 4.69) is 28.9 Å². The molecule has 1 aliphatic heterocycles. The van der Waals surface area contributed by atoms with Crippen LogP contribution >= 0.6 is 0 Å². The van der Waals surface area contributed by atoms with Gasteiger partial charge in [0, 0.05) is 19.8 Å². The number of nitrogens with zero attached hydrogens (tertiary/aromatic N) is 3. The third-order valence-corrected chi connectivity index (χ3v) is 3.75. The lowest BCUT2D eigenvalue weighted by Crippen LogP contribution is -2.36. The van der Waals surface area contributed by atoms with Gasteiger partial charge in [-0.3, -0.25) is 0 Å². The lowest BCUT2D eigenvalue weighted by atomic mass is 9.97. The molecule has 1 N–H and O–H groups in total. The normalized spacial score (nSPS) is 17.9. The van der Waals surface area contributed by atoms with Crippen LogP contribution in [0.3, 0.4) is 0 Å². The number of rotatable bonds is 4. The van der Waals surface area contributed by atoms with Crippen LogP contribution in [0.2, 0.25) is 0 Å². The van der Waals surface area contributed by atoms with Crippen molar-refractivity contribution in [2.24, 2.45) is 5.92 Å². The molecule has 1 aliphatic rings. The zero-order valence-corrected chi connectivity index (χ0v) is 11.3. The molecule has 2 rings (SSSR count). The second kappa shape index (κ2) is 6.16. The van der Waals surface area contributed by atoms with E-state index in [1.54, 1.807) is 6.20 Å². The van der Waals surface area contributed by atoms with E-state index in [1.165, 1.54) is 25.9 Å². The van der Waals surface area contributed by atoms with Gasteiger partial charge in [-0.2, -0.15) is 0 Å². The van der Waals surface area contributed by atoms with Crippen molar-refractivity contribution < 1.29 is 5.11 Å². The van der Waals surface area contributed by atoms with E-state index in [4.69, 9.17) is 5.11 Å². The Kier molecular flexibility index (Phi) is 4.55. The average Bonchev–Trinajstić information content (AvgIpc) is 2.41. The second-order valence-corrected chi connectivity index (χ2v) is 5.31. The molecule has 0 bridgehead atoms. The van der Waals surface area contributed by atoms with Crippen molar-refractivity contribution >= 4 is 5.82 Å². The molecule has 1 aromatic rings. The predicted molar refractivity (Wildman–Crippen MR) is 73.7 cm³/mol. The summed E-state index contributed by atoms with van der Waals surface area (Å²) in [5.41, 5.74) is 0.926. The van der Waals surface area contributed by atoms with E-state index in [1.807, 2.05) is 12.1 Å². The summed E-state index contributed by atoms with van der Waals surface area (Å²) in [6, 6.07) is 3.82. The molecule has 0 atom stereocenters. The third-order valence-electron chi connectivity index (χ3n) is 3.75. The minimum Gasteiger partial charge on any atom is -0.392 e. The molecule has 0 aliphatic carbocycles. The molecule has 1 fully saturated rings. The first-order chi connectivity index (χ1) is 8.69. The first-order valence-electron chi connectivity index (χ1n) is 6.64. The van der Waals surface area contributed by atoms with E-state index in [9.17, 15) is 0 Å². The molecule has 0 saturated carbocycles. The third kappa shape index (κ3) is 3.43. The van der Waals surface area contributed by atoms with Gasteiger partial charge in [-0.05, 0) is 56.6 Å². The van der Waals surface area contributed by atoms with Gasteiger partial charge in [0.25, 0.3) is 0 Å². The van der Waals surface area contributed by atoms with E-state index < -0.39 is 0 Å². The molecule has 4 nitrogen and oxygen atoms in total. The van der Waals surface area contributed by atoms with Crippen molar-refractivity contribution in [3.05, 3.63) is 23.9 Å². The van der Waals surface area contributed by atoms with Gasteiger partial charge in [-0.25, -0.2) is 4.98 Å². The minimum atomic E-state index is 0.0809. The number of likely N-dealkylation sites (tertiary alicyclic amines) is 1. The summed E-state index contributed by atoms with van der Waals surface area (Å²) in [4.78, 5) is 8.97. The van der Waals surface area contributed by atoms with Gasteiger partial charge in [0.1, 0.15) is 5.82 Å². The van der Waals surface area contributed by atoms with Crippen LogP contribution in [0.4, 0.5) is 5.82 Å². The Balaban J connectivity index is 1.92. The molecule has 0 unspecified atom stereocenters. The number of hydrogen-bond donors (Lipinski definition) is 1. The first-order valence-corrected chi connectivity index (χ1v) is 6.64. The molecular formula is C14H23N3O. The van der Waals surface area contributed by atoms with Gasteiger partial charge < -0.3 is 14.9 Å². The Hall–Kier alpha value is -1.13. The van der Waals surface area contributed by atoms with Gasteiger partial charge >= 0.3 is 0 Å². The molecule has 0 spiro atoms. The van der Waals surface area contributed by atoms with Crippen molar-refractivity contribution in [3.8, 4) is 0 Å². The van der Waals surface area contributed by atoms with Crippen LogP contribution in [0.15, 0.2) is 18.3 Å². The summed E-state index contributed by atoms with van der Waals surface area (Å²) in [7, 11) is 4.27. The Bertz CT molecular complexity index is 375. The monoisotopic (exact) mass is 249 g/mol. The van der Waals surface area contributed by atoms with Crippen LogP contribution in [0.1, 0.15) is 18.4 Å². The van der Waals surface area contributed by atoms with Gasteiger partial charge in [0.05, 0.1) is 6.61 Å². The quantitative estimate of drug-likeness (QED) is 0.874. The Morgan fingerprint density at radius 2 is 2.17 bits per heavy atom. The molecule has 0 radical (unpaired) electrons. The van der Waals surface area contributed by atoms with Crippen LogP contribution < -0.4 is 4.90 Å². The van der Waals surface area contributed by atoms with Crippen molar-refractivity contribution in [1.29, 1.82) is 0 Å². The minimum absolute atomic E-state index is 0.0809. The van der Waals surface area contributed by atoms with Crippen LogP contribution in [-0.2, 0) is 6.61 Å². The van der Waals surface area contributed by atoms with Crippen LogP contribution in [0.5, 0.6) is 0 Å². The topological polar surface area (TPSA) is 39.6 Å². The summed E-state index contributed by atoms with van der Waals surface area (Å²) >= 11 is 0. The lowest BCUT2D eigenvalue weighted by Gasteiger charge is -2.32. The molecule has 2 heterocycles. The summed E-state index contributed by atoms with van der Waals surface area (Å²) in [6.45, 7) is 3.53. The maximum Gasteiger partial charge on any atom is 0.128 e. The lowest BCUT2D eigenvalue weighted by molar-refractivity contribution is 0.222. The van der Waals surface area contributed by atoms with E-state index in [0.717, 1.165) is 23.8 Å². The van der Waals surface area contributed by atoms with Crippen LogP contribution in [0.25, 0.3) is 0 Å². The highest BCUT2D eigenvalue weighted by Gasteiger charge is 2.18. The number of aromatic nitrogens is 1. The summed E-state index contributed by atoms with van der Waals surface area (Å²) in [5.74, 6) is 1.71. The van der Waals surface area contributed by atoms with E-state index >= 15 is 0 Å². The SMILES string of the molecule is CN1CCC(CN(C)c2cc(CO)ccn2)CC1. The van der Waals surface area contributed by atoms with Gasteiger partial charge in [-0.1, -0.05) is 0 Å². The highest BCUT2D eigenvalue weighted by atomic mass is 16.3. The molecule has 1 saturated heterocycles. The van der Waals surface area contributed by atoms with Crippen LogP contribution in [-0.4, -0.2) is 48.7 Å². The fourth-order valence-corrected chi connectivity index (χ4v) is 2.49. The number of anilines is 1. The van der Waals surface area contributed by atoms with Gasteiger partial charge in [0.15, 0.2) is 0 Å². The number of hydrogen-bond acceptors (Lipinski definition) is 4. The van der Waals surface area contributed by atoms with Crippen molar-refractivity contribution in [3.63, 3.8) is 0 Å². The van der Waals surface area contributed by atoms with Gasteiger partial charge in [-0.15, -0.1) is 0 Å². The zero-order valence-electron chi connectivity index (χ0n) is 11.3. The van der Waals surface area contributed by atoms with Crippen molar-refractivity contribution in [1.82, 2.24) is 9.88 Å². The fraction of sp³-hybridized carbons (Fsp3) is 0.643. The second-order valence-electron chi connectivity index (χ2n) is 5.31. The highest BCUT2D eigenvalue weighted by Crippen LogP contribution is 2.19. The van der Waals surface area contributed by atoms with Crippen LogP contribution in [0, 0.1) is 5.92 Å². The summed E-state index contributed by atoms with van der Waals surface area (Å²) in [6.07, 6.45) is 4.30. The summed E-state index contributed by atoms with van der Waals surface area (Å²) in [5, 5.41) is 9.14. The maximum absolute atomic E-state index is 9.14. The molecule has 100 valence electrons. The van der Waals surface area contributed by atoms with E-state index in [0.29, 0.717) is 0 Å². The molecular weight excluding hydrogens is 226 g/mol. The number of piperidine rings is 1. The Labute approximate surface area is 109 Å². The first kappa shape index (κ1) is 13.3. The Morgan fingerprint density at radius 1 is 1.44 bits per heavy atom. The van der Waals surface area contributed by atoms with Crippen molar-refractivity contribution in [2.45, 2.75) is 19.4 Å². The predicted octanol–water partition coefficient (Wildman–Crippen LogP) is 1.35. The molecule has 18 heavy (non-hydrogen) atoms. The largest absolute Gasteiger partial charge is 0.392 e. The summed E-state index contributed by atoms with van der Waals surface area (Å²) < 4.78 is 0. The molecule has 0 aromatic carbocycles. The average molecular weight is 249 g/mol. The highest BCUT2D eigenvalue weighted by molar-refractivity contribution is 5.39. The Morgan fingerprint density at radius 3 is 2.83 bits per heavy atom. The number of aliphatic hydroxyl groups is 1. The molecule has 4 heteroatoms. The standard InChI is InChI=1S/C14H23N3O/c1-16-7-4-12(5-8-16)10-17(2)14-9-13(11-18)3-6-15-14/h3,6,9,12,18H,4-5,7-8,10-11H2,1-2H3. The smallest absolute Gasteiger partial charge is 0.128 e. The number of aliphatic hydroxyl groups excluding tert-OH is 1. The van der Waals surface area contributed by atoms with Crippen molar-refractivity contribution in [2.75, 3.05) is 38.6 Å². The number of pyridine rings is 1. The van der Waals surface area contributed by atoms with E-state index in [-0.39, 0.29) is 6.61 Å². The molecule has 1 aromatic heterocycles.